The average Bonchev–Trinajstić information content (AvgIpc) is 3.16. The minimum atomic E-state index is -0.495. The molecule has 0 saturated heterocycles. The molecule has 1 aliphatic heterocycles. The molecular formula is C19H17N3O2. The number of aromatic nitrogens is 2. The quantitative estimate of drug-likeness (QED) is 0.723. The number of amides is 1. The molecule has 0 bridgehead atoms. The van der Waals surface area contributed by atoms with Crippen LogP contribution in [0.25, 0.3) is 22.6 Å². The van der Waals surface area contributed by atoms with Crippen LogP contribution in [0.3, 0.4) is 0 Å². The molecule has 3 aromatic rings. The standard InChI is InChI=1S/C19H17N3O2/c1-19(2)14-7-6-12(9-16(14)22(3)18(19)23)17-10-15(21-24-17)13-5-4-8-20-11-13/h4-11H,1-3H3. The highest BCUT2D eigenvalue weighted by Crippen LogP contribution is 2.42. The number of carbonyl (C=O) groups excluding carboxylic acids is 1. The highest BCUT2D eigenvalue weighted by Gasteiger charge is 2.42. The molecule has 0 saturated carbocycles. The number of nitrogens with zero attached hydrogens (tertiary/aromatic N) is 3. The Bertz CT molecular complexity index is 929. The molecule has 0 aliphatic carbocycles. The number of hydrogen-bond acceptors (Lipinski definition) is 4. The van der Waals surface area contributed by atoms with Crippen molar-refractivity contribution in [2.75, 3.05) is 11.9 Å². The van der Waals surface area contributed by atoms with E-state index in [0.29, 0.717) is 5.76 Å². The van der Waals surface area contributed by atoms with Crippen molar-refractivity contribution in [3.8, 4) is 22.6 Å². The van der Waals surface area contributed by atoms with Crippen LogP contribution in [-0.2, 0) is 10.2 Å². The maximum absolute atomic E-state index is 12.4. The van der Waals surface area contributed by atoms with E-state index in [0.717, 1.165) is 28.1 Å². The summed E-state index contributed by atoms with van der Waals surface area (Å²) < 4.78 is 5.50. The number of benzene rings is 1. The third-order valence-corrected chi connectivity index (χ3v) is 4.62. The van der Waals surface area contributed by atoms with Crippen molar-refractivity contribution in [3.63, 3.8) is 0 Å². The van der Waals surface area contributed by atoms with E-state index in [1.807, 2.05) is 50.2 Å². The lowest BCUT2D eigenvalue weighted by Gasteiger charge is -2.16. The van der Waals surface area contributed by atoms with Crippen molar-refractivity contribution in [2.45, 2.75) is 19.3 Å². The molecule has 2 aromatic heterocycles. The Labute approximate surface area is 139 Å². The van der Waals surface area contributed by atoms with Crippen LogP contribution in [0.2, 0.25) is 0 Å². The second-order valence-corrected chi connectivity index (χ2v) is 6.54. The van der Waals surface area contributed by atoms with Gasteiger partial charge in [0.05, 0.1) is 5.41 Å². The number of hydrogen-bond donors (Lipinski definition) is 0. The summed E-state index contributed by atoms with van der Waals surface area (Å²) in [6.07, 6.45) is 3.47. The zero-order valence-corrected chi connectivity index (χ0v) is 13.8. The van der Waals surface area contributed by atoms with Crippen LogP contribution < -0.4 is 4.90 Å². The van der Waals surface area contributed by atoms with Crippen molar-refractivity contribution < 1.29 is 9.32 Å². The molecule has 1 aromatic carbocycles. The molecule has 5 heteroatoms. The summed E-state index contributed by atoms with van der Waals surface area (Å²) in [6, 6.07) is 11.6. The van der Waals surface area contributed by atoms with E-state index in [1.54, 1.807) is 24.3 Å². The van der Waals surface area contributed by atoms with E-state index in [1.165, 1.54) is 0 Å². The molecule has 0 N–H and O–H groups in total. The number of likely N-dealkylation sites (N-methyl/N-ethyl adjacent to an activating group) is 1. The summed E-state index contributed by atoms with van der Waals surface area (Å²) in [5, 5.41) is 4.12. The van der Waals surface area contributed by atoms with Crippen LogP contribution in [0.4, 0.5) is 5.69 Å². The second kappa shape index (κ2) is 5.03. The first kappa shape index (κ1) is 14.6. The lowest BCUT2D eigenvalue weighted by Crippen LogP contribution is -2.33. The first-order valence-electron chi connectivity index (χ1n) is 7.78. The Kier molecular flexibility index (Phi) is 3.06. The Hall–Kier alpha value is -2.95. The molecule has 5 nitrogen and oxygen atoms in total. The summed E-state index contributed by atoms with van der Waals surface area (Å²) >= 11 is 0. The number of fused-ring (bicyclic) bond motifs is 1. The van der Waals surface area contributed by atoms with E-state index in [2.05, 4.69) is 10.1 Å². The molecule has 0 radical (unpaired) electrons. The summed E-state index contributed by atoms with van der Waals surface area (Å²) in [5.41, 5.74) is 4.00. The number of anilines is 1. The summed E-state index contributed by atoms with van der Waals surface area (Å²) in [4.78, 5) is 18.2. The third kappa shape index (κ3) is 2.05. The second-order valence-electron chi connectivity index (χ2n) is 6.54. The predicted octanol–water partition coefficient (Wildman–Crippen LogP) is 3.66. The Morgan fingerprint density at radius 3 is 2.71 bits per heavy atom. The van der Waals surface area contributed by atoms with Gasteiger partial charge in [-0.05, 0) is 37.6 Å². The van der Waals surface area contributed by atoms with Gasteiger partial charge in [0.2, 0.25) is 5.91 Å². The zero-order chi connectivity index (χ0) is 16.9. The predicted molar refractivity (Wildman–Crippen MR) is 91.6 cm³/mol. The fourth-order valence-corrected chi connectivity index (χ4v) is 3.20. The van der Waals surface area contributed by atoms with E-state index in [9.17, 15) is 4.79 Å². The van der Waals surface area contributed by atoms with Gasteiger partial charge >= 0.3 is 0 Å². The van der Waals surface area contributed by atoms with Gasteiger partial charge < -0.3 is 9.42 Å². The van der Waals surface area contributed by atoms with Gasteiger partial charge in [-0.2, -0.15) is 0 Å². The largest absolute Gasteiger partial charge is 0.356 e. The van der Waals surface area contributed by atoms with Crippen LogP contribution in [0.1, 0.15) is 19.4 Å². The van der Waals surface area contributed by atoms with Crippen LogP contribution in [0, 0.1) is 0 Å². The van der Waals surface area contributed by atoms with Gasteiger partial charge in [-0.25, -0.2) is 0 Å². The van der Waals surface area contributed by atoms with Crippen LogP contribution in [0.5, 0.6) is 0 Å². The van der Waals surface area contributed by atoms with Crippen LogP contribution >= 0.6 is 0 Å². The van der Waals surface area contributed by atoms with Gasteiger partial charge in [-0.15, -0.1) is 0 Å². The molecule has 1 amide bonds. The minimum absolute atomic E-state index is 0.100. The molecule has 0 spiro atoms. The monoisotopic (exact) mass is 319 g/mol. The van der Waals surface area contributed by atoms with Gasteiger partial charge in [-0.3, -0.25) is 9.78 Å². The fourth-order valence-electron chi connectivity index (χ4n) is 3.20. The SMILES string of the molecule is CN1C(=O)C(C)(C)c2ccc(-c3cc(-c4cccnc4)no3)cc21. The van der Waals surface area contributed by atoms with Crippen molar-refractivity contribution in [1.82, 2.24) is 10.1 Å². The Morgan fingerprint density at radius 2 is 1.96 bits per heavy atom. The first-order chi connectivity index (χ1) is 11.5. The molecular weight excluding hydrogens is 302 g/mol. The van der Waals surface area contributed by atoms with Gasteiger partial charge in [0.1, 0.15) is 5.69 Å². The van der Waals surface area contributed by atoms with E-state index >= 15 is 0 Å². The van der Waals surface area contributed by atoms with Crippen LogP contribution in [0.15, 0.2) is 53.3 Å². The highest BCUT2D eigenvalue weighted by molar-refractivity contribution is 6.07. The molecule has 24 heavy (non-hydrogen) atoms. The Morgan fingerprint density at radius 1 is 1.12 bits per heavy atom. The van der Waals surface area contributed by atoms with Crippen molar-refractivity contribution in [1.29, 1.82) is 0 Å². The van der Waals surface area contributed by atoms with E-state index in [4.69, 9.17) is 4.52 Å². The fraction of sp³-hybridized carbons (Fsp3) is 0.211. The normalized spacial score (nSPS) is 15.6. The minimum Gasteiger partial charge on any atom is -0.356 e. The smallest absolute Gasteiger partial charge is 0.236 e. The van der Waals surface area contributed by atoms with Crippen LogP contribution in [-0.4, -0.2) is 23.1 Å². The van der Waals surface area contributed by atoms with Crippen molar-refractivity contribution >= 4 is 11.6 Å². The maximum atomic E-state index is 12.4. The number of pyridine rings is 1. The molecule has 1 aliphatic rings. The summed E-state index contributed by atoms with van der Waals surface area (Å²) in [5.74, 6) is 0.769. The lowest BCUT2D eigenvalue weighted by atomic mass is 9.86. The van der Waals surface area contributed by atoms with Crippen molar-refractivity contribution in [3.05, 3.63) is 54.4 Å². The van der Waals surface area contributed by atoms with E-state index in [-0.39, 0.29) is 5.91 Å². The molecule has 3 heterocycles. The van der Waals surface area contributed by atoms with Gasteiger partial charge in [-0.1, -0.05) is 17.3 Å². The summed E-state index contributed by atoms with van der Waals surface area (Å²) in [7, 11) is 1.81. The first-order valence-corrected chi connectivity index (χ1v) is 7.78. The average molecular weight is 319 g/mol. The van der Waals surface area contributed by atoms with E-state index < -0.39 is 5.41 Å². The highest BCUT2D eigenvalue weighted by atomic mass is 16.5. The zero-order valence-electron chi connectivity index (χ0n) is 13.8. The maximum Gasteiger partial charge on any atom is 0.236 e. The van der Waals surface area contributed by atoms with Gasteiger partial charge in [0.25, 0.3) is 0 Å². The molecule has 120 valence electrons. The number of rotatable bonds is 2. The van der Waals surface area contributed by atoms with Gasteiger partial charge in [0.15, 0.2) is 5.76 Å². The van der Waals surface area contributed by atoms with Crippen molar-refractivity contribution in [2.24, 2.45) is 0 Å². The molecule has 0 atom stereocenters. The lowest BCUT2D eigenvalue weighted by molar-refractivity contribution is -0.121. The molecule has 0 fully saturated rings. The molecule has 0 unspecified atom stereocenters. The van der Waals surface area contributed by atoms with Gasteiger partial charge in [0, 0.05) is 42.3 Å². The molecule has 4 rings (SSSR count). The number of carbonyl (C=O) groups is 1. The Balaban J connectivity index is 1.75. The third-order valence-electron chi connectivity index (χ3n) is 4.62. The summed E-state index contributed by atoms with van der Waals surface area (Å²) in [6.45, 7) is 3.90. The topological polar surface area (TPSA) is 59.2 Å².